The van der Waals surface area contributed by atoms with Crippen LogP contribution in [-0.2, 0) is 0 Å². The standard InChI is InChI=1S/C11H16ClN3O/c12-6-3-1-2-4-7-13-11(16)10-5-8-14-15-9-10/h5,8-9H,1-4,6-7H2,(H,13,16). The Kier molecular flexibility index (Phi) is 6.49. The molecule has 0 spiro atoms. The molecule has 0 aliphatic heterocycles. The first kappa shape index (κ1) is 12.9. The molecule has 0 bridgehead atoms. The number of hydrogen-bond donors (Lipinski definition) is 1. The Labute approximate surface area is 100 Å². The third kappa shape index (κ3) is 5.07. The second-order valence-electron chi connectivity index (χ2n) is 3.49. The molecule has 0 saturated heterocycles. The highest BCUT2D eigenvalue weighted by atomic mass is 35.5. The molecule has 0 aliphatic rings. The molecule has 0 aliphatic carbocycles. The molecule has 5 heteroatoms. The summed E-state index contributed by atoms with van der Waals surface area (Å²) in [5.41, 5.74) is 0.552. The topological polar surface area (TPSA) is 54.9 Å². The zero-order valence-corrected chi connectivity index (χ0v) is 9.91. The summed E-state index contributed by atoms with van der Waals surface area (Å²) in [5.74, 6) is 0.627. The number of carbonyl (C=O) groups excluding carboxylic acids is 1. The number of nitrogens with zero attached hydrogens (tertiary/aromatic N) is 2. The Hall–Kier alpha value is -1.16. The number of unbranched alkanes of at least 4 members (excludes halogenated alkanes) is 3. The summed E-state index contributed by atoms with van der Waals surface area (Å²) in [6, 6.07) is 1.65. The SMILES string of the molecule is O=C(NCCCCCCCl)c1ccnnc1. The largest absolute Gasteiger partial charge is 0.352 e. The summed E-state index contributed by atoms with van der Waals surface area (Å²) in [4.78, 5) is 11.5. The van der Waals surface area contributed by atoms with E-state index >= 15 is 0 Å². The molecular formula is C11H16ClN3O. The van der Waals surface area contributed by atoms with Crippen LogP contribution in [0.3, 0.4) is 0 Å². The van der Waals surface area contributed by atoms with Gasteiger partial charge in [-0.05, 0) is 18.9 Å². The molecule has 4 nitrogen and oxygen atoms in total. The quantitative estimate of drug-likeness (QED) is 0.587. The van der Waals surface area contributed by atoms with E-state index in [2.05, 4.69) is 15.5 Å². The second-order valence-corrected chi connectivity index (χ2v) is 3.87. The fraction of sp³-hybridized carbons (Fsp3) is 0.545. The predicted octanol–water partition coefficient (Wildman–Crippen LogP) is 2.01. The fourth-order valence-electron chi connectivity index (χ4n) is 1.30. The van der Waals surface area contributed by atoms with E-state index in [1.165, 1.54) is 12.4 Å². The third-order valence-electron chi connectivity index (χ3n) is 2.19. The Morgan fingerprint density at radius 2 is 2.06 bits per heavy atom. The monoisotopic (exact) mass is 241 g/mol. The van der Waals surface area contributed by atoms with Crippen LogP contribution >= 0.6 is 11.6 Å². The van der Waals surface area contributed by atoms with Crippen LogP contribution in [0.15, 0.2) is 18.5 Å². The van der Waals surface area contributed by atoms with Gasteiger partial charge in [-0.1, -0.05) is 12.8 Å². The van der Waals surface area contributed by atoms with Crippen molar-refractivity contribution < 1.29 is 4.79 Å². The van der Waals surface area contributed by atoms with Crippen LogP contribution in [0.2, 0.25) is 0 Å². The summed E-state index contributed by atoms with van der Waals surface area (Å²) in [5, 5.41) is 10.1. The molecule has 1 amide bonds. The van der Waals surface area contributed by atoms with Crippen molar-refractivity contribution in [2.75, 3.05) is 12.4 Å². The van der Waals surface area contributed by atoms with Crippen molar-refractivity contribution in [3.05, 3.63) is 24.0 Å². The third-order valence-corrected chi connectivity index (χ3v) is 2.46. The van der Waals surface area contributed by atoms with Gasteiger partial charge < -0.3 is 5.32 Å². The molecule has 1 aromatic heterocycles. The zero-order valence-electron chi connectivity index (χ0n) is 9.16. The number of hydrogen-bond acceptors (Lipinski definition) is 3. The summed E-state index contributed by atoms with van der Waals surface area (Å²) < 4.78 is 0. The first-order valence-corrected chi connectivity index (χ1v) is 5.99. The van der Waals surface area contributed by atoms with Gasteiger partial charge >= 0.3 is 0 Å². The smallest absolute Gasteiger partial charge is 0.252 e. The summed E-state index contributed by atoms with van der Waals surface area (Å²) in [6.07, 6.45) is 7.22. The van der Waals surface area contributed by atoms with Crippen LogP contribution < -0.4 is 5.32 Å². The minimum Gasteiger partial charge on any atom is -0.352 e. The fourth-order valence-corrected chi connectivity index (χ4v) is 1.49. The Morgan fingerprint density at radius 1 is 1.25 bits per heavy atom. The zero-order chi connectivity index (χ0) is 11.6. The lowest BCUT2D eigenvalue weighted by Gasteiger charge is -2.04. The van der Waals surface area contributed by atoms with E-state index in [1.54, 1.807) is 6.07 Å². The molecule has 0 atom stereocenters. The highest BCUT2D eigenvalue weighted by Crippen LogP contribution is 2.00. The van der Waals surface area contributed by atoms with Crippen molar-refractivity contribution in [1.29, 1.82) is 0 Å². The highest BCUT2D eigenvalue weighted by molar-refractivity contribution is 6.17. The minimum absolute atomic E-state index is 0.0905. The van der Waals surface area contributed by atoms with Crippen LogP contribution in [0.1, 0.15) is 36.0 Å². The van der Waals surface area contributed by atoms with Crippen molar-refractivity contribution >= 4 is 17.5 Å². The maximum Gasteiger partial charge on any atom is 0.252 e. The second kappa shape index (κ2) is 8.05. The van der Waals surface area contributed by atoms with E-state index in [4.69, 9.17) is 11.6 Å². The van der Waals surface area contributed by atoms with Gasteiger partial charge in [-0.2, -0.15) is 10.2 Å². The molecule has 0 aromatic carbocycles. The van der Waals surface area contributed by atoms with E-state index in [0.29, 0.717) is 12.1 Å². The van der Waals surface area contributed by atoms with Gasteiger partial charge in [-0.15, -0.1) is 11.6 Å². The van der Waals surface area contributed by atoms with Crippen molar-refractivity contribution in [1.82, 2.24) is 15.5 Å². The van der Waals surface area contributed by atoms with Crippen LogP contribution in [0.5, 0.6) is 0 Å². The van der Waals surface area contributed by atoms with E-state index in [-0.39, 0.29) is 5.91 Å². The first-order valence-electron chi connectivity index (χ1n) is 5.45. The average molecular weight is 242 g/mol. The van der Waals surface area contributed by atoms with E-state index in [1.807, 2.05) is 0 Å². The number of alkyl halides is 1. The molecular weight excluding hydrogens is 226 g/mol. The normalized spacial score (nSPS) is 10.1. The number of rotatable bonds is 7. The number of amides is 1. The van der Waals surface area contributed by atoms with Crippen molar-refractivity contribution in [2.24, 2.45) is 0 Å². The molecule has 0 unspecified atom stereocenters. The molecule has 16 heavy (non-hydrogen) atoms. The minimum atomic E-state index is -0.0905. The van der Waals surface area contributed by atoms with E-state index in [0.717, 1.165) is 31.6 Å². The van der Waals surface area contributed by atoms with Gasteiger partial charge in [0, 0.05) is 12.4 Å². The van der Waals surface area contributed by atoms with Gasteiger partial charge in [0.1, 0.15) is 0 Å². The van der Waals surface area contributed by atoms with Crippen LogP contribution in [0, 0.1) is 0 Å². The maximum atomic E-state index is 11.5. The lowest BCUT2D eigenvalue weighted by molar-refractivity contribution is 0.0952. The van der Waals surface area contributed by atoms with Gasteiger partial charge in [0.25, 0.3) is 5.91 Å². The van der Waals surface area contributed by atoms with Gasteiger partial charge in [0.2, 0.25) is 0 Å². The maximum absolute atomic E-state index is 11.5. The first-order chi connectivity index (χ1) is 7.84. The molecule has 88 valence electrons. The van der Waals surface area contributed by atoms with Gasteiger partial charge in [0.05, 0.1) is 18.0 Å². The number of aromatic nitrogens is 2. The molecule has 1 heterocycles. The molecule has 1 N–H and O–H groups in total. The number of carbonyl (C=O) groups is 1. The molecule has 1 aromatic rings. The molecule has 1 rings (SSSR count). The van der Waals surface area contributed by atoms with E-state index < -0.39 is 0 Å². The van der Waals surface area contributed by atoms with Gasteiger partial charge in [-0.3, -0.25) is 4.79 Å². The van der Waals surface area contributed by atoms with Crippen LogP contribution in [0.25, 0.3) is 0 Å². The number of nitrogens with one attached hydrogen (secondary N) is 1. The highest BCUT2D eigenvalue weighted by Gasteiger charge is 2.03. The Morgan fingerprint density at radius 3 is 2.75 bits per heavy atom. The lowest BCUT2D eigenvalue weighted by Crippen LogP contribution is -2.24. The lowest BCUT2D eigenvalue weighted by atomic mass is 10.2. The molecule has 0 saturated carbocycles. The number of halogens is 1. The van der Waals surface area contributed by atoms with Crippen LogP contribution in [0.4, 0.5) is 0 Å². The Balaban J connectivity index is 2.12. The van der Waals surface area contributed by atoms with Gasteiger partial charge in [-0.25, -0.2) is 0 Å². The van der Waals surface area contributed by atoms with E-state index in [9.17, 15) is 4.79 Å². The van der Waals surface area contributed by atoms with Crippen molar-refractivity contribution in [3.63, 3.8) is 0 Å². The van der Waals surface area contributed by atoms with Crippen molar-refractivity contribution in [2.45, 2.75) is 25.7 Å². The van der Waals surface area contributed by atoms with Crippen LogP contribution in [-0.4, -0.2) is 28.5 Å². The summed E-state index contributed by atoms with van der Waals surface area (Å²) >= 11 is 5.56. The van der Waals surface area contributed by atoms with Crippen molar-refractivity contribution in [3.8, 4) is 0 Å². The molecule has 0 radical (unpaired) electrons. The predicted molar refractivity (Wildman–Crippen MR) is 63.6 cm³/mol. The summed E-state index contributed by atoms with van der Waals surface area (Å²) in [6.45, 7) is 0.698. The average Bonchev–Trinajstić information content (AvgIpc) is 2.34. The Bertz CT molecular complexity index is 305. The molecule has 0 fully saturated rings. The van der Waals surface area contributed by atoms with Gasteiger partial charge in [0.15, 0.2) is 0 Å². The summed E-state index contributed by atoms with van der Waals surface area (Å²) in [7, 11) is 0.